The Bertz CT molecular complexity index is 87.6. The monoisotopic (exact) mass is 160 g/mol. The van der Waals surface area contributed by atoms with Crippen molar-refractivity contribution in [2.45, 2.75) is 31.2 Å². The second-order valence-corrected chi connectivity index (χ2v) is 5.51. The molecule has 0 unspecified atom stereocenters. The van der Waals surface area contributed by atoms with Crippen LogP contribution in [0.5, 0.6) is 0 Å². The van der Waals surface area contributed by atoms with Gasteiger partial charge >= 0.3 is 9.28 Å². The highest BCUT2D eigenvalue weighted by Crippen LogP contribution is 2.32. The fraction of sp³-hybridized carbons (Fsp3) is 1.00. The summed E-state index contributed by atoms with van der Waals surface area (Å²) in [5.74, 6) is 0. The highest BCUT2D eigenvalue weighted by Gasteiger charge is 2.27. The molecule has 3 heteroatoms. The Labute approximate surface area is 64.4 Å². The smallest absolute Gasteiger partial charge is 0.324 e. The van der Waals surface area contributed by atoms with E-state index in [9.17, 15) is 0 Å². The van der Waals surface area contributed by atoms with Crippen LogP contribution in [0.1, 0.15) is 25.7 Å². The molecular weight excluding hydrogens is 144 g/mol. The molecule has 0 atom stereocenters. The largest absolute Gasteiger partial charge is 0.400 e. The molecular formula is C7H16O2Si. The molecule has 0 bridgehead atoms. The predicted octanol–water partition coefficient (Wildman–Crippen LogP) is 1.44. The van der Waals surface area contributed by atoms with E-state index >= 15 is 0 Å². The molecule has 0 amide bonds. The van der Waals surface area contributed by atoms with Gasteiger partial charge in [0.2, 0.25) is 0 Å². The summed E-state index contributed by atoms with van der Waals surface area (Å²) in [5, 5.41) is 0. The van der Waals surface area contributed by atoms with Crippen molar-refractivity contribution in [2.24, 2.45) is 0 Å². The van der Waals surface area contributed by atoms with Gasteiger partial charge in [-0.15, -0.1) is 0 Å². The molecule has 1 aliphatic rings. The van der Waals surface area contributed by atoms with Crippen molar-refractivity contribution in [3.63, 3.8) is 0 Å². The highest BCUT2D eigenvalue weighted by atomic mass is 28.3. The Morgan fingerprint density at radius 1 is 1.10 bits per heavy atom. The van der Waals surface area contributed by atoms with Gasteiger partial charge in [-0.25, -0.2) is 0 Å². The van der Waals surface area contributed by atoms with Gasteiger partial charge in [-0.2, -0.15) is 0 Å². The minimum atomic E-state index is -1.24. The fourth-order valence-corrected chi connectivity index (χ4v) is 3.69. The molecule has 0 aliphatic heterocycles. The lowest BCUT2D eigenvalue weighted by Crippen LogP contribution is -2.24. The minimum Gasteiger partial charge on any atom is -0.400 e. The van der Waals surface area contributed by atoms with Crippen LogP contribution in [-0.2, 0) is 8.85 Å². The van der Waals surface area contributed by atoms with Crippen LogP contribution >= 0.6 is 0 Å². The Morgan fingerprint density at radius 3 is 2.00 bits per heavy atom. The van der Waals surface area contributed by atoms with E-state index in [1.807, 2.05) is 0 Å². The van der Waals surface area contributed by atoms with E-state index < -0.39 is 9.28 Å². The molecule has 2 nitrogen and oxygen atoms in total. The summed E-state index contributed by atoms with van der Waals surface area (Å²) in [4.78, 5) is 0. The van der Waals surface area contributed by atoms with Gasteiger partial charge in [0.1, 0.15) is 0 Å². The Balaban J connectivity index is 2.29. The van der Waals surface area contributed by atoms with Crippen LogP contribution in [-0.4, -0.2) is 23.5 Å². The molecule has 0 aromatic rings. The van der Waals surface area contributed by atoms with Gasteiger partial charge in [0.15, 0.2) is 0 Å². The van der Waals surface area contributed by atoms with Crippen molar-refractivity contribution >= 4 is 9.28 Å². The first kappa shape index (κ1) is 8.24. The maximum absolute atomic E-state index is 5.30. The van der Waals surface area contributed by atoms with E-state index in [4.69, 9.17) is 8.85 Å². The SMILES string of the molecule is CO[SiH](OC)C1CCCC1. The molecule has 0 heterocycles. The summed E-state index contributed by atoms with van der Waals surface area (Å²) in [6.07, 6.45) is 5.42. The molecule has 1 saturated carbocycles. The molecule has 0 radical (unpaired) electrons. The molecule has 0 N–H and O–H groups in total. The van der Waals surface area contributed by atoms with Crippen LogP contribution < -0.4 is 0 Å². The minimum absolute atomic E-state index is 0.787. The number of rotatable bonds is 3. The van der Waals surface area contributed by atoms with Crippen LogP contribution in [0.15, 0.2) is 0 Å². The van der Waals surface area contributed by atoms with Crippen LogP contribution in [0.25, 0.3) is 0 Å². The van der Waals surface area contributed by atoms with Gasteiger partial charge in [-0.3, -0.25) is 0 Å². The van der Waals surface area contributed by atoms with Gasteiger partial charge in [-0.05, 0) is 18.4 Å². The Hall–Kier alpha value is 0.137. The van der Waals surface area contributed by atoms with Gasteiger partial charge < -0.3 is 8.85 Å². The van der Waals surface area contributed by atoms with Crippen molar-refractivity contribution in [1.82, 2.24) is 0 Å². The fourth-order valence-electron chi connectivity index (χ4n) is 1.71. The molecule has 0 aromatic heterocycles. The average Bonchev–Trinajstić information content (AvgIpc) is 2.43. The molecule has 0 aromatic carbocycles. The van der Waals surface area contributed by atoms with Gasteiger partial charge in [0.25, 0.3) is 0 Å². The third-order valence-electron chi connectivity index (χ3n) is 2.25. The molecule has 1 rings (SSSR count). The van der Waals surface area contributed by atoms with Crippen molar-refractivity contribution in [1.29, 1.82) is 0 Å². The molecule has 1 aliphatic carbocycles. The van der Waals surface area contributed by atoms with E-state index in [1.54, 1.807) is 14.2 Å². The van der Waals surface area contributed by atoms with E-state index in [0.29, 0.717) is 0 Å². The normalized spacial score (nSPS) is 20.7. The zero-order valence-corrected chi connectivity index (χ0v) is 7.95. The quantitative estimate of drug-likeness (QED) is 0.582. The van der Waals surface area contributed by atoms with Gasteiger partial charge in [0, 0.05) is 14.2 Å². The molecule has 1 fully saturated rings. The maximum atomic E-state index is 5.30. The molecule has 60 valence electrons. The first-order valence-corrected chi connectivity index (χ1v) is 5.55. The van der Waals surface area contributed by atoms with Crippen molar-refractivity contribution < 1.29 is 8.85 Å². The molecule has 0 saturated heterocycles. The average molecular weight is 160 g/mol. The third-order valence-corrected chi connectivity index (χ3v) is 4.62. The second-order valence-electron chi connectivity index (χ2n) is 2.88. The standard InChI is InChI=1S/C7H16O2Si/c1-8-10(9-2)7-5-3-4-6-7/h7,10H,3-6H2,1-2H3. The predicted molar refractivity (Wildman–Crippen MR) is 43.4 cm³/mol. The van der Waals surface area contributed by atoms with Gasteiger partial charge in [0.05, 0.1) is 0 Å². The first-order valence-electron chi connectivity index (χ1n) is 3.94. The topological polar surface area (TPSA) is 18.5 Å². The summed E-state index contributed by atoms with van der Waals surface area (Å²) in [6.45, 7) is 0. The van der Waals surface area contributed by atoms with Crippen LogP contribution in [0.2, 0.25) is 5.54 Å². The number of hydrogen-bond donors (Lipinski definition) is 0. The Kier molecular flexibility index (Phi) is 3.38. The maximum Gasteiger partial charge on any atom is 0.324 e. The molecule has 0 spiro atoms. The summed E-state index contributed by atoms with van der Waals surface area (Å²) < 4.78 is 10.6. The van der Waals surface area contributed by atoms with E-state index in [-0.39, 0.29) is 0 Å². The zero-order valence-electron chi connectivity index (χ0n) is 6.80. The summed E-state index contributed by atoms with van der Waals surface area (Å²) in [6, 6.07) is 0. The number of hydrogen-bond acceptors (Lipinski definition) is 2. The lowest BCUT2D eigenvalue weighted by molar-refractivity contribution is 0.265. The first-order chi connectivity index (χ1) is 4.88. The van der Waals surface area contributed by atoms with Gasteiger partial charge in [-0.1, -0.05) is 12.8 Å². The van der Waals surface area contributed by atoms with E-state index in [0.717, 1.165) is 5.54 Å². The summed E-state index contributed by atoms with van der Waals surface area (Å²) in [5.41, 5.74) is 0.787. The lowest BCUT2D eigenvalue weighted by atomic mass is 10.4. The Morgan fingerprint density at radius 2 is 1.60 bits per heavy atom. The lowest BCUT2D eigenvalue weighted by Gasteiger charge is -2.16. The van der Waals surface area contributed by atoms with Crippen molar-refractivity contribution in [3.05, 3.63) is 0 Å². The summed E-state index contributed by atoms with van der Waals surface area (Å²) >= 11 is 0. The molecule has 10 heavy (non-hydrogen) atoms. The van der Waals surface area contributed by atoms with Crippen molar-refractivity contribution in [3.8, 4) is 0 Å². The summed E-state index contributed by atoms with van der Waals surface area (Å²) in [7, 11) is 2.31. The van der Waals surface area contributed by atoms with E-state index in [1.165, 1.54) is 25.7 Å². The zero-order chi connectivity index (χ0) is 7.40. The van der Waals surface area contributed by atoms with Crippen molar-refractivity contribution in [2.75, 3.05) is 14.2 Å². The van der Waals surface area contributed by atoms with Crippen LogP contribution in [0.3, 0.4) is 0 Å². The van der Waals surface area contributed by atoms with Crippen LogP contribution in [0.4, 0.5) is 0 Å². The third kappa shape index (κ3) is 1.81. The second kappa shape index (κ2) is 4.11. The van der Waals surface area contributed by atoms with E-state index in [2.05, 4.69) is 0 Å². The van der Waals surface area contributed by atoms with Crippen LogP contribution in [0, 0.1) is 0 Å². The highest BCUT2D eigenvalue weighted by molar-refractivity contribution is 6.46.